The Hall–Kier alpha value is -1.16. The van der Waals surface area contributed by atoms with Crippen molar-refractivity contribution in [3.05, 3.63) is 23.8 Å². The Bertz CT molecular complexity index is 455. The molecule has 1 aromatic carbocycles. The van der Waals surface area contributed by atoms with Gasteiger partial charge in [-0.05, 0) is 32.2 Å². The number of hydrogen-bond acceptors (Lipinski definition) is 4. The lowest BCUT2D eigenvalue weighted by Gasteiger charge is -2.11. The number of ether oxygens (including phenoxy) is 2. The molecule has 2 rings (SSSR count). The van der Waals surface area contributed by atoms with Crippen LogP contribution in [0.15, 0.2) is 28.1 Å². The van der Waals surface area contributed by atoms with Crippen LogP contribution in [0.25, 0.3) is 0 Å². The minimum Gasteiger partial charge on any atom is -0.496 e. The molecule has 0 aliphatic carbocycles. The van der Waals surface area contributed by atoms with E-state index in [1.54, 1.807) is 18.9 Å². The van der Waals surface area contributed by atoms with Crippen LogP contribution in [0.5, 0.6) is 5.75 Å². The first kappa shape index (κ1) is 12.3. The summed E-state index contributed by atoms with van der Waals surface area (Å²) in [6, 6.07) is 5.94. The molecule has 0 fully saturated rings. The molecule has 0 spiro atoms. The molecule has 1 aliphatic rings. The van der Waals surface area contributed by atoms with Gasteiger partial charge in [0.25, 0.3) is 0 Å². The van der Waals surface area contributed by atoms with Gasteiger partial charge in [0.1, 0.15) is 12.4 Å². The van der Waals surface area contributed by atoms with Crippen molar-refractivity contribution in [1.82, 2.24) is 0 Å². The largest absolute Gasteiger partial charge is 0.496 e. The van der Waals surface area contributed by atoms with Gasteiger partial charge < -0.3 is 9.47 Å². The van der Waals surface area contributed by atoms with Gasteiger partial charge >= 0.3 is 0 Å². The molecule has 0 radical (unpaired) electrons. The first-order chi connectivity index (χ1) is 8.07. The van der Waals surface area contributed by atoms with Crippen LogP contribution in [0.2, 0.25) is 0 Å². The van der Waals surface area contributed by atoms with Crippen molar-refractivity contribution in [2.45, 2.75) is 24.3 Å². The molecule has 1 aliphatic heterocycles. The Morgan fingerprint density at radius 2 is 2.18 bits per heavy atom. The fourth-order valence-corrected chi connectivity index (χ4v) is 2.51. The second-order valence-electron chi connectivity index (χ2n) is 4.56. The topological polar surface area (TPSA) is 30.8 Å². The van der Waals surface area contributed by atoms with Gasteiger partial charge in [-0.1, -0.05) is 6.07 Å². The third-order valence-electron chi connectivity index (χ3n) is 2.60. The van der Waals surface area contributed by atoms with E-state index in [0.717, 1.165) is 22.1 Å². The van der Waals surface area contributed by atoms with Crippen LogP contribution in [-0.2, 0) is 4.74 Å². The van der Waals surface area contributed by atoms with E-state index in [-0.39, 0.29) is 5.54 Å². The fraction of sp³-hybridized carbons (Fsp3) is 0.462. The summed E-state index contributed by atoms with van der Waals surface area (Å²) < 4.78 is 11.0. The molecule has 17 heavy (non-hydrogen) atoms. The summed E-state index contributed by atoms with van der Waals surface area (Å²) in [5, 5.41) is 0. The van der Waals surface area contributed by atoms with Gasteiger partial charge in [-0.2, -0.15) is 0 Å². The number of nitrogens with zero attached hydrogens (tertiary/aromatic N) is 1. The fourth-order valence-electron chi connectivity index (χ4n) is 1.78. The highest BCUT2D eigenvalue weighted by molar-refractivity contribution is 7.98. The summed E-state index contributed by atoms with van der Waals surface area (Å²) in [5.74, 6) is 1.59. The van der Waals surface area contributed by atoms with E-state index in [9.17, 15) is 0 Å². The standard InChI is InChI=1S/C13H17NO2S/c1-13(2)8-16-12(14-13)9-6-5-7-10(15-3)11(9)17-4/h5-7H,8H2,1-4H3. The average Bonchev–Trinajstić information content (AvgIpc) is 2.68. The zero-order valence-electron chi connectivity index (χ0n) is 10.6. The van der Waals surface area contributed by atoms with Crippen molar-refractivity contribution in [2.24, 2.45) is 4.99 Å². The second kappa shape index (κ2) is 4.61. The van der Waals surface area contributed by atoms with Gasteiger partial charge in [-0.3, -0.25) is 0 Å². The Morgan fingerprint density at radius 1 is 1.41 bits per heavy atom. The van der Waals surface area contributed by atoms with Crippen LogP contribution in [0.4, 0.5) is 0 Å². The molecular formula is C13H17NO2S. The summed E-state index contributed by atoms with van der Waals surface area (Å²) in [7, 11) is 1.68. The molecule has 0 unspecified atom stereocenters. The molecule has 0 saturated heterocycles. The lowest BCUT2D eigenvalue weighted by Crippen LogP contribution is -2.17. The highest BCUT2D eigenvalue weighted by Gasteiger charge is 2.28. The molecule has 0 N–H and O–H groups in total. The second-order valence-corrected chi connectivity index (χ2v) is 5.38. The molecule has 92 valence electrons. The normalized spacial score (nSPS) is 17.5. The van der Waals surface area contributed by atoms with Gasteiger partial charge in [0.15, 0.2) is 0 Å². The number of hydrogen-bond donors (Lipinski definition) is 0. The van der Waals surface area contributed by atoms with E-state index in [1.807, 2.05) is 24.5 Å². The molecule has 0 amide bonds. The van der Waals surface area contributed by atoms with Crippen LogP contribution in [0.1, 0.15) is 19.4 Å². The molecule has 4 heteroatoms. The average molecular weight is 251 g/mol. The predicted octanol–water partition coefficient (Wildman–Crippen LogP) is 2.97. The highest BCUT2D eigenvalue weighted by atomic mass is 32.2. The summed E-state index contributed by atoms with van der Waals surface area (Å²) in [5.41, 5.74) is 0.885. The number of rotatable bonds is 3. The number of methoxy groups -OCH3 is 1. The lowest BCUT2D eigenvalue weighted by atomic mass is 10.1. The third-order valence-corrected chi connectivity index (χ3v) is 3.43. The molecule has 1 heterocycles. The Morgan fingerprint density at radius 3 is 2.71 bits per heavy atom. The van der Waals surface area contributed by atoms with E-state index in [4.69, 9.17) is 9.47 Å². The Labute approximate surface area is 106 Å². The van der Waals surface area contributed by atoms with Crippen LogP contribution >= 0.6 is 11.8 Å². The van der Waals surface area contributed by atoms with E-state index in [2.05, 4.69) is 18.8 Å². The SMILES string of the molecule is COc1cccc(C2=NC(C)(C)CO2)c1SC. The van der Waals surface area contributed by atoms with Gasteiger partial charge in [-0.25, -0.2) is 4.99 Å². The molecule has 1 aromatic rings. The van der Waals surface area contributed by atoms with Crippen molar-refractivity contribution in [2.75, 3.05) is 20.0 Å². The maximum atomic E-state index is 5.68. The molecule has 0 bridgehead atoms. The number of benzene rings is 1. The van der Waals surface area contributed by atoms with Crippen LogP contribution < -0.4 is 4.74 Å². The van der Waals surface area contributed by atoms with Crippen molar-refractivity contribution in [3.8, 4) is 5.75 Å². The third kappa shape index (κ3) is 2.41. The Balaban J connectivity index is 2.46. The van der Waals surface area contributed by atoms with E-state index >= 15 is 0 Å². The molecular weight excluding hydrogens is 234 g/mol. The summed E-state index contributed by atoms with van der Waals surface area (Å²) in [6.45, 7) is 4.77. The minimum absolute atomic E-state index is 0.131. The van der Waals surface area contributed by atoms with E-state index in [1.165, 1.54) is 0 Å². The summed E-state index contributed by atoms with van der Waals surface area (Å²) >= 11 is 1.65. The maximum Gasteiger partial charge on any atom is 0.218 e. The summed E-state index contributed by atoms with van der Waals surface area (Å²) in [4.78, 5) is 5.68. The maximum absolute atomic E-state index is 5.68. The smallest absolute Gasteiger partial charge is 0.218 e. The van der Waals surface area contributed by atoms with Crippen molar-refractivity contribution >= 4 is 17.7 Å². The van der Waals surface area contributed by atoms with Gasteiger partial charge in [0.05, 0.1) is 23.1 Å². The van der Waals surface area contributed by atoms with Crippen LogP contribution in [0.3, 0.4) is 0 Å². The lowest BCUT2D eigenvalue weighted by molar-refractivity contribution is 0.279. The predicted molar refractivity (Wildman–Crippen MR) is 71.3 cm³/mol. The van der Waals surface area contributed by atoms with Crippen molar-refractivity contribution in [1.29, 1.82) is 0 Å². The number of thioether (sulfide) groups is 1. The van der Waals surface area contributed by atoms with Gasteiger partial charge in [0, 0.05) is 0 Å². The number of aliphatic imine (C=N–C) groups is 1. The molecule has 0 aromatic heterocycles. The first-order valence-corrected chi connectivity index (χ1v) is 6.74. The zero-order chi connectivity index (χ0) is 12.5. The highest BCUT2D eigenvalue weighted by Crippen LogP contribution is 2.33. The monoisotopic (exact) mass is 251 g/mol. The van der Waals surface area contributed by atoms with Crippen molar-refractivity contribution in [3.63, 3.8) is 0 Å². The van der Waals surface area contributed by atoms with Crippen molar-refractivity contribution < 1.29 is 9.47 Å². The summed E-state index contributed by atoms with van der Waals surface area (Å²) in [6.07, 6.45) is 2.03. The zero-order valence-corrected chi connectivity index (χ0v) is 11.4. The Kier molecular flexibility index (Phi) is 3.33. The quantitative estimate of drug-likeness (QED) is 0.774. The van der Waals surface area contributed by atoms with Gasteiger partial charge in [-0.15, -0.1) is 11.8 Å². The minimum atomic E-state index is -0.131. The molecule has 3 nitrogen and oxygen atoms in total. The molecule has 0 atom stereocenters. The van der Waals surface area contributed by atoms with Gasteiger partial charge in [0.2, 0.25) is 5.90 Å². The van der Waals surface area contributed by atoms with E-state index < -0.39 is 0 Å². The molecule has 0 saturated carbocycles. The van der Waals surface area contributed by atoms with Crippen LogP contribution in [0, 0.1) is 0 Å². The van der Waals surface area contributed by atoms with E-state index in [0.29, 0.717) is 6.61 Å². The van der Waals surface area contributed by atoms with Crippen LogP contribution in [-0.4, -0.2) is 31.4 Å². The first-order valence-electron chi connectivity index (χ1n) is 5.51.